The molecule has 1 heterocycles. The molecule has 126 valence electrons. The maximum Gasteiger partial charge on any atom is 0.290 e. The highest BCUT2D eigenvalue weighted by Crippen LogP contribution is 2.26. The van der Waals surface area contributed by atoms with Gasteiger partial charge in [-0.05, 0) is 41.6 Å². The number of carbonyl (C=O) groups is 2. The molecule has 2 aromatic rings. The van der Waals surface area contributed by atoms with Crippen molar-refractivity contribution in [2.45, 2.75) is 0 Å². The minimum absolute atomic E-state index is 0.0434. The van der Waals surface area contributed by atoms with E-state index in [9.17, 15) is 14.0 Å². The van der Waals surface area contributed by atoms with Gasteiger partial charge in [-0.25, -0.2) is 4.39 Å². The summed E-state index contributed by atoms with van der Waals surface area (Å²) in [5.74, 6) is -0.350. The molecule has 0 atom stereocenters. The van der Waals surface area contributed by atoms with Gasteiger partial charge in [0.1, 0.15) is 18.2 Å². The van der Waals surface area contributed by atoms with Crippen LogP contribution in [0.15, 0.2) is 53.4 Å². The third-order valence-corrected chi connectivity index (χ3v) is 4.21. The lowest BCUT2D eigenvalue weighted by atomic mass is 10.1. The third-order valence-electron chi connectivity index (χ3n) is 3.40. The number of imide groups is 1. The molecule has 1 aliphatic rings. The number of hydrogen-bond acceptors (Lipinski definition) is 5. The van der Waals surface area contributed by atoms with Crippen LogP contribution in [0.4, 0.5) is 9.18 Å². The van der Waals surface area contributed by atoms with E-state index in [1.165, 1.54) is 12.1 Å². The Morgan fingerprint density at radius 2 is 1.88 bits per heavy atom. The second kappa shape index (κ2) is 7.31. The first-order valence-electron chi connectivity index (χ1n) is 7.33. The van der Waals surface area contributed by atoms with E-state index in [1.807, 2.05) is 0 Å². The summed E-state index contributed by atoms with van der Waals surface area (Å²) in [7, 11) is 0. The summed E-state index contributed by atoms with van der Waals surface area (Å²) < 4.78 is 19.1. The molecule has 0 unspecified atom stereocenters. The summed E-state index contributed by atoms with van der Waals surface area (Å²) >= 11 is 0.852. The average Bonchev–Trinajstić information content (AvgIpc) is 2.91. The van der Waals surface area contributed by atoms with Crippen molar-refractivity contribution in [1.82, 2.24) is 5.32 Å². The van der Waals surface area contributed by atoms with Gasteiger partial charge in [0, 0.05) is 5.56 Å². The number of halogens is 1. The van der Waals surface area contributed by atoms with Crippen molar-refractivity contribution in [3.63, 3.8) is 0 Å². The number of benzene rings is 2. The van der Waals surface area contributed by atoms with Gasteiger partial charge in [-0.2, -0.15) is 0 Å². The average molecular weight is 356 g/mol. The molecule has 5 nitrogen and oxygen atoms in total. The molecule has 0 aromatic heterocycles. The van der Waals surface area contributed by atoms with Gasteiger partial charge >= 0.3 is 0 Å². The summed E-state index contributed by atoms with van der Waals surface area (Å²) in [6.07, 6.45) is 1.61. The number of carbonyl (C=O) groups excluding carboxylic acids is 2. The summed E-state index contributed by atoms with van der Waals surface area (Å²) in [5, 5.41) is 9.70. The van der Waals surface area contributed by atoms with Crippen LogP contribution < -0.4 is 10.1 Å². The van der Waals surface area contributed by atoms with E-state index in [1.54, 1.807) is 42.5 Å². The Bertz CT molecular complexity index is 878. The lowest BCUT2D eigenvalue weighted by molar-refractivity contribution is -0.115. The normalized spacial score (nSPS) is 15.3. The molecule has 2 aromatic carbocycles. The molecule has 1 saturated heterocycles. The minimum Gasteiger partial charge on any atom is -0.487 e. The van der Waals surface area contributed by atoms with Crippen LogP contribution in [0, 0.1) is 11.2 Å². The second-order valence-corrected chi connectivity index (χ2v) is 6.18. The molecular formula is C18H13FN2O3S. The van der Waals surface area contributed by atoms with Crippen molar-refractivity contribution < 1.29 is 18.7 Å². The topological polar surface area (TPSA) is 79.2 Å². The van der Waals surface area contributed by atoms with E-state index in [0.29, 0.717) is 10.7 Å². The largest absolute Gasteiger partial charge is 0.487 e. The zero-order chi connectivity index (χ0) is 17.8. The lowest BCUT2D eigenvalue weighted by Crippen LogP contribution is -2.17. The fourth-order valence-corrected chi connectivity index (χ4v) is 2.85. The van der Waals surface area contributed by atoms with E-state index in [-0.39, 0.29) is 23.1 Å². The molecule has 0 spiro atoms. The van der Waals surface area contributed by atoms with Crippen molar-refractivity contribution in [2.24, 2.45) is 0 Å². The molecule has 25 heavy (non-hydrogen) atoms. The number of amides is 2. The number of hydrogen-bond donors (Lipinski definition) is 2. The second-order valence-electron chi connectivity index (χ2n) is 5.17. The van der Waals surface area contributed by atoms with E-state index >= 15 is 0 Å². The molecule has 2 N–H and O–H groups in total. The highest BCUT2D eigenvalue weighted by molar-refractivity contribution is 8.18. The van der Waals surface area contributed by atoms with Crippen molar-refractivity contribution in [2.75, 3.05) is 6.61 Å². The quantitative estimate of drug-likeness (QED) is 0.634. The van der Waals surface area contributed by atoms with E-state index in [4.69, 9.17) is 10.1 Å². The third kappa shape index (κ3) is 4.13. The molecule has 0 aliphatic carbocycles. The van der Waals surface area contributed by atoms with Crippen molar-refractivity contribution in [1.29, 1.82) is 5.41 Å². The predicted octanol–water partition coefficient (Wildman–Crippen LogP) is 3.60. The summed E-state index contributed by atoms with van der Waals surface area (Å²) in [4.78, 5) is 23.0. The van der Waals surface area contributed by atoms with Crippen molar-refractivity contribution in [3.05, 3.63) is 70.4 Å². The lowest BCUT2D eigenvalue weighted by Gasteiger charge is -2.08. The van der Waals surface area contributed by atoms with Gasteiger partial charge in [0.2, 0.25) is 0 Å². The van der Waals surface area contributed by atoms with Crippen LogP contribution in [0.25, 0.3) is 6.08 Å². The Kier molecular flexibility index (Phi) is 4.95. The van der Waals surface area contributed by atoms with Gasteiger partial charge < -0.3 is 10.1 Å². The monoisotopic (exact) mass is 356 g/mol. The Hall–Kier alpha value is -2.93. The minimum atomic E-state index is -0.458. The van der Waals surface area contributed by atoms with Gasteiger partial charge in [0.05, 0.1) is 10.6 Å². The maximum atomic E-state index is 13.6. The molecule has 7 heteroatoms. The first-order chi connectivity index (χ1) is 12.0. The van der Waals surface area contributed by atoms with E-state index < -0.39 is 11.7 Å². The van der Waals surface area contributed by atoms with Gasteiger partial charge in [0.15, 0.2) is 0 Å². The Morgan fingerprint density at radius 1 is 1.16 bits per heavy atom. The van der Waals surface area contributed by atoms with Crippen LogP contribution in [0.2, 0.25) is 0 Å². The Balaban J connectivity index is 1.62. The number of thioether (sulfide) groups is 1. The Morgan fingerprint density at radius 3 is 2.52 bits per heavy atom. The maximum absolute atomic E-state index is 13.6. The zero-order valence-corrected chi connectivity index (χ0v) is 13.7. The van der Waals surface area contributed by atoms with Crippen LogP contribution >= 0.6 is 11.8 Å². The number of ether oxygens (including phenoxy) is 1. The van der Waals surface area contributed by atoms with E-state index in [0.717, 1.165) is 17.3 Å². The summed E-state index contributed by atoms with van der Waals surface area (Å²) in [6.45, 7) is -0.0614. The SMILES string of the molecule is N=C(COc1ccc(/C=C2\SC(=O)NC2=O)cc1)c1ccccc1F. The van der Waals surface area contributed by atoms with Crippen LogP contribution in [0.3, 0.4) is 0 Å². The van der Waals surface area contributed by atoms with Crippen LogP contribution in [-0.4, -0.2) is 23.5 Å². The first-order valence-corrected chi connectivity index (χ1v) is 8.14. The van der Waals surface area contributed by atoms with Gasteiger partial charge in [0.25, 0.3) is 11.1 Å². The fourth-order valence-electron chi connectivity index (χ4n) is 2.17. The molecule has 1 fully saturated rings. The summed E-state index contributed by atoms with van der Waals surface area (Å²) in [6, 6.07) is 12.9. The van der Waals surface area contributed by atoms with Crippen molar-refractivity contribution in [3.8, 4) is 5.75 Å². The van der Waals surface area contributed by atoms with Crippen molar-refractivity contribution >= 4 is 34.7 Å². The highest BCUT2D eigenvalue weighted by Gasteiger charge is 2.24. The Labute approximate surface area is 147 Å². The predicted molar refractivity (Wildman–Crippen MR) is 94.3 cm³/mol. The van der Waals surface area contributed by atoms with Crippen LogP contribution in [-0.2, 0) is 4.79 Å². The standard InChI is InChI=1S/C18H13FN2O3S/c19-14-4-2-1-3-13(14)15(20)10-24-12-7-5-11(6-8-12)9-16-17(22)21-18(23)25-16/h1-9,20H,10H2,(H,21,22,23)/b16-9-,20-15?. The van der Waals surface area contributed by atoms with Gasteiger partial charge in [-0.15, -0.1) is 0 Å². The van der Waals surface area contributed by atoms with Crippen LogP contribution in [0.1, 0.15) is 11.1 Å². The first kappa shape index (κ1) is 16.9. The zero-order valence-electron chi connectivity index (χ0n) is 12.9. The molecule has 2 amide bonds. The van der Waals surface area contributed by atoms with E-state index in [2.05, 4.69) is 5.32 Å². The molecule has 1 aliphatic heterocycles. The van der Waals surface area contributed by atoms with Gasteiger partial charge in [-0.3, -0.25) is 14.9 Å². The molecule has 0 bridgehead atoms. The molecule has 0 radical (unpaired) electrons. The molecule has 0 saturated carbocycles. The fraction of sp³-hybridized carbons (Fsp3) is 0.0556. The highest BCUT2D eigenvalue weighted by atomic mass is 32.2. The number of nitrogens with one attached hydrogen (secondary N) is 2. The molecule has 3 rings (SSSR count). The van der Waals surface area contributed by atoms with Crippen LogP contribution in [0.5, 0.6) is 5.75 Å². The smallest absolute Gasteiger partial charge is 0.290 e. The molecular weight excluding hydrogens is 343 g/mol. The number of rotatable bonds is 5. The summed E-state index contributed by atoms with van der Waals surface area (Å²) in [5.41, 5.74) is 0.989. The van der Waals surface area contributed by atoms with Gasteiger partial charge in [-0.1, -0.05) is 30.3 Å².